The molecule has 5 aromatic rings. The molecule has 0 bridgehead atoms. The van der Waals surface area contributed by atoms with Crippen molar-refractivity contribution >= 4 is 35.5 Å². The van der Waals surface area contributed by atoms with Crippen molar-refractivity contribution in [3.63, 3.8) is 0 Å². The van der Waals surface area contributed by atoms with E-state index in [2.05, 4.69) is 39.9 Å². The second-order valence-electron chi connectivity index (χ2n) is 16.7. The van der Waals surface area contributed by atoms with Crippen molar-refractivity contribution in [3.05, 3.63) is 155 Å². The first-order valence-corrected chi connectivity index (χ1v) is 20.7. The number of benzene rings is 4. The van der Waals surface area contributed by atoms with Gasteiger partial charge in [0.25, 0.3) is 0 Å². The molecule has 1 saturated heterocycles. The second kappa shape index (κ2) is 18.4. The van der Waals surface area contributed by atoms with Gasteiger partial charge in [0.05, 0.1) is 6.04 Å². The van der Waals surface area contributed by atoms with Crippen LogP contribution in [-0.4, -0.2) is 82.5 Å². The van der Waals surface area contributed by atoms with Crippen LogP contribution in [0.4, 0.5) is 19.7 Å². The fourth-order valence-corrected chi connectivity index (χ4v) is 7.98. The van der Waals surface area contributed by atoms with Gasteiger partial charge in [-0.15, -0.1) is 0 Å². The minimum atomic E-state index is -1.06. The minimum absolute atomic E-state index is 0.0865. The topological polar surface area (TPSA) is 147 Å². The van der Waals surface area contributed by atoms with Crippen molar-refractivity contribution < 1.29 is 37.8 Å². The first-order valence-electron chi connectivity index (χ1n) is 20.7. The number of nitrogens with zero attached hydrogens (tertiary/aromatic N) is 3. The second-order valence-corrected chi connectivity index (χ2v) is 16.7. The third kappa shape index (κ3) is 9.83. The maximum Gasteiger partial charge on any atom is 0.411 e. The summed E-state index contributed by atoms with van der Waals surface area (Å²) in [5, 5.41) is 5.70. The molecule has 0 saturated carbocycles. The molecule has 2 N–H and O–H groups in total. The van der Waals surface area contributed by atoms with Crippen molar-refractivity contribution in [2.24, 2.45) is 0 Å². The Morgan fingerprint density at radius 2 is 1.52 bits per heavy atom. The van der Waals surface area contributed by atoms with E-state index in [0.717, 1.165) is 22.3 Å². The maximum absolute atomic E-state index is 14.6. The van der Waals surface area contributed by atoms with Crippen molar-refractivity contribution in [1.29, 1.82) is 0 Å². The number of halogens is 1. The van der Waals surface area contributed by atoms with Gasteiger partial charge in [-0.25, -0.2) is 14.0 Å². The van der Waals surface area contributed by atoms with E-state index in [1.807, 2.05) is 24.3 Å². The number of ether oxygens (including phenoxy) is 2. The van der Waals surface area contributed by atoms with Crippen molar-refractivity contribution in [2.45, 2.75) is 76.6 Å². The van der Waals surface area contributed by atoms with Crippen LogP contribution < -0.4 is 10.6 Å². The Kier molecular flexibility index (Phi) is 12.8. The number of rotatable bonds is 12. The van der Waals surface area contributed by atoms with Gasteiger partial charge in [0.2, 0.25) is 11.8 Å². The Hall–Kier alpha value is -6.89. The zero-order valence-electron chi connectivity index (χ0n) is 35.4. The molecule has 4 amide bonds. The number of carbonyl (C=O) groups is 5. The highest BCUT2D eigenvalue weighted by atomic mass is 19.1. The number of nitrogens with one attached hydrogen (secondary N) is 2. The molecule has 13 heteroatoms. The van der Waals surface area contributed by atoms with Gasteiger partial charge in [-0.1, -0.05) is 60.7 Å². The molecule has 1 aliphatic carbocycles. The minimum Gasteiger partial charge on any atom is -0.448 e. The number of likely N-dealkylation sites (tertiary alicyclic amines) is 1. The largest absolute Gasteiger partial charge is 0.448 e. The molecule has 1 aromatic heterocycles. The summed E-state index contributed by atoms with van der Waals surface area (Å²) in [6.07, 6.45) is 3.10. The standard InChI is InChI=1S/C49H50FN5O7/c1-30(54(5)48(60)62-49(2,3)4)45(57)53-42(46(58)55-24-10-15-43(55)33-26-34(28-51-27-33)44(56)32-18-20-35(50)21-19-32)25-31-16-22-36(23-17-31)52-47(59)61-29-41-39-13-8-6-11-37(39)38-12-7-9-14-40(38)41/h6-9,11-14,16-23,26-28,30,41-43H,10,15,24-25,29H2,1-5H3,(H,52,59)(H,53,57). The number of aromatic nitrogens is 1. The molecule has 4 aromatic carbocycles. The van der Waals surface area contributed by atoms with Gasteiger partial charge < -0.3 is 19.7 Å². The molecule has 3 unspecified atom stereocenters. The molecule has 2 aliphatic rings. The van der Waals surface area contributed by atoms with Crippen LogP contribution in [0, 0.1) is 5.82 Å². The first-order chi connectivity index (χ1) is 29.7. The lowest BCUT2D eigenvalue weighted by atomic mass is 9.98. The average Bonchev–Trinajstić information content (AvgIpc) is 3.88. The number of hydrogen-bond acceptors (Lipinski definition) is 8. The van der Waals surface area contributed by atoms with Gasteiger partial charge in [-0.05, 0) is 116 Å². The number of likely N-dealkylation sites (N-methyl/N-ethyl adjacent to an activating group) is 1. The summed E-state index contributed by atoms with van der Waals surface area (Å²) in [4.78, 5) is 74.8. The zero-order valence-corrected chi connectivity index (χ0v) is 35.4. The van der Waals surface area contributed by atoms with Crippen LogP contribution in [0.2, 0.25) is 0 Å². The summed E-state index contributed by atoms with van der Waals surface area (Å²) in [5.74, 6) is -1.80. The van der Waals surface area contributed by atoms with Crippen LogP contribution in [0.1, 0.15) is 90.7 Å². The molecule has 62 heavy (non-hydrogen) atoms. The van der Waals surface area contributed by atoms with E-state index in [-0.39, 0.29) is 30.6 Å². The summed E-state index contributed by atoms with van der Waals surface area (Å²) in [7, 11) is 1.46. The number of amides is 4. The third-order valence-electron chi connectivity index (χ3n) is 11.3. The number of carbonyl (C=O) groups excluding carboxylic acids is 5. The van der Waals surface area contributed by atoms with Gasteiger partial charge in [0.15, 0.2) is 5.78 Å². The summed E-state index contributed by atoms with van der Waals surface area (Å²) in [6, 6.07) is 27.6. The van der Waals surface area contributed by atoms with Crippen molar-refractivity contribution in [3.8, 4) is 11.1 Å². The lowest BCUT2D eigenvalue weighted by molar-refractivity contribution is -0.138. The fraction of sp³-hybridized carbons (Fsp3) is 0.306. The molecule has 320 valence electrons. The number of fused-ring (bicyclic) bond motifs is 3. The van der Waals surface area contributed by atoms with Crippen LogP contribution in [-0.2, 0) is 25.5 Å². The van der Waals surface area contributed by atoms with Gasteiger partial charge in [-0.2, -0.15) is 0 Å². The molecule has 2 heterocycles. The molecule has 12 nitrogen and oxygen atoms in total. The van der Waals surface area contributed by atoms with Crippen LogP contribution in [0.15, 0.2) is 116 Å². The van der Waals surface area contributed by atoms with Gasteiger partial charge in [0, 0.05) is 55.1 Å². The van der Waals surface area contributed by atoms with E-state index in [0.29, 0.717) is 47.3 Å². The van der Waals surface area contributed by atoms with Crippen LogP contribution >= 0.6 is 0 Å². The molecule has 1 aliphatic heterocycles. The van der Waals surface area contributed by atoms with Crippen LogP contribution in [0.3, 0.4) is 0 Å². The van der Waals surface area contributed by atoms with Crippen molar-refractivity contribution in [1.82, 2.24) is 20.1 Å². The van der Waals surface area contributed by atoms with Crippen molar-refractivity contribution in [2.75, 3.05) is 25.5 Å². The zero-order chi connectivity index (χ0) is 44.1. The van der Waals surface area contributed by atoms with Gasteiger partial charge >= 0.3 is 12.2 Å². The Morgan fingerprint density at radius 1 is 0.871 bits per heavy atom. The number of ketones is 1. The fourth-order valence-electron chi connectivity index (χ4n) is 7.98. The normalized spacial score (nSPS) is 15.5. The SMILES string of the molecule is CC(C(=O)NC(Cc1ccc(NC(=O)OCC2c3ccccc3-c3ccccc32)cc1)C(=O)N1CCCC1c1cncc(C(=O)c2ccc(F)cc2)c1)N(C)C(=O)OC(C)(C)C. The predicted molar refractivity (Wildman–Crippen MR) is 232 cm³/mol. The number of anilines is 1. The smallest absolute Gasteiger partial charge is 0.411 e. The predicted octanol–water partition coefficient (Wildman–Crippen LogP) is 8.46. The van der Waals surface area contributed by atoms with Crippen LogP contribution in [0.5, 0.6) is 0 Å². The lowest BCUT2D eigenvalue weighted by Crippen LogP contribution is -2.55. The quantitative estimate of drug-likeness (QED) is 0.119. The molecule has 3 atom stereocenters. The van der Waals surface area contributed by atoms with E-state index in [1.165, 1.54) is 42.4 Å². The van der Waals surface area contributed by atoms with E-state index < -0.39 is 47.6 Å². The summed E-state index contributed by atoms with van der Waals surface area (Å²) in [5.41, 5.74) is 6.11. The summed E-state index contributed by atoms with van der Waals surface area (Å²) in [6.45, 7) is 7.29. The van der Waals surface area contributed by atoms with Gasteiger partial charge in [0.1, 0.15) is 30.1 Å². The lowest BCUT2D eigenvalue weighted by Gasteiger charge is -2.32. The van der Waals surface area contributed by atoms with Gasteiger partial charge in [-0.3, -0.25) is 29.6 Å². The average molecular weight is 840 g/mol. The molecule has 0 spiro atoms. The Bertz CT molecular complexity index is 2420. The molecule has 7 rings (SSSR count). The highest BCUT2D eigenvalue weighted by Crippen LogP contribution is 2.44. The van der Waals surface area contributed by atoms with E-state index in [9.17, 15) is 28.4 Å². The Labute approximate surface area is 360 Å². The Morgan fingerprint density at radius 3 is 2.16 bits per heavy atom. The molecule has 1 fully saturated rings. The first kappa shape index (κ1) is 43.2. The highest BCUT2D eigenvalue weighted by molar-refractivity contribution is 6.08. The summed E-state index contributed by atoms with van der Waals surface area (Å²) >= 11 is 0. The maximum atomic E-state index is 14.6. The van der Waals surface area contributed by atoms with E-state index >= 15 is 0 Å². The summed E-state index contributed by atoms with van der Waals surface area (Å²) < 4.78 is 24.8. The number of pyridine rings is 1. The highest BCUT2D eigenvalue weighted by Gasteiger charge is 2.37. The van der Waals surface area contributed by atoms with Crippen LogP contribution in [0.25, 0.3) is 11.1 Å². The van der Waals surface area contributed by atoms with E-state index in [1.54, 1.807) is 69.1 Å². The molecular formula is C49H50FN5O7. The number of hydrogen-bond donors (Lipinski definition) is 2. The van der Waals surface area contributed by atoms with E-state index in [4.69, 9.17) is 9.47 Å². The molecule has 0 radical (unpaired) electrons. The molecular weight excluding hydrogens is 790 g/mol. The third-order valence-corrected chi connectivity index (χ3v) is 11.3. The Balaban J connectivity index is 1.06. The monoisotopic (exact) mass is 839 g/mol.